The molecule has 0 aliphatic heterocycles. The number of benzene rings is 1. The maximum absolute atomic E-state index is 11.8. The Morgan fingerprint density at radius 1 is 1.16 bits per heavy atom. The molecule has 132 valence electrons. The van der Waals surface area contributed by atoms with Crippen molar-refractivity contribution in [2.45, 2.75) is 38.0 Å². The summed E-state index contributed by atoms with van der Waals surface area (Å²) in [6.07, 6.45) is 2.73. The molecule has 0 radical (unpaired) electrons. The second kappa shape index (κ2) is 7.48. The van der Waals surface area contributed by atoms with Crippen LogP contribution in [-0.2, 0) is 16.0 Å². The third-order valence-corrected chi connectivity index (χ3v) is 4.89. The number of amides is 1. The first-order chi connectivity index (χ1) is 12.1. The van der Waals surface area contributed by atoms with Gasteiger partial charge in [-0.25, -0.2) is 5.48 Å². The van der Waals surface area contributed by atoms with Crippen LogP contribution in [0.25, 0.3) is 11.3 Å². The largest absolute Gasteiger partial charge is 0.481 e. The van der Waals surface area contributed by atoms with Gasteiger partial charge in [0.15, 0.2) is 0 Å². The second-order valence-electron chi connectivity index (χ2n) is 6.43. The van der Waals surface area contributed by atoms with Crippen molar-refractivity contribution in [1.29, 1.82) is 0 Å². The van der Waals surface area contributed by atoms with Crippen LogP contribution in [0.1, 0.15) is 42.9 Å². The van der Waals surface area contributed by atoms with Gasteiger partial charge in [0.2, 0.25) is 5.91 Å². The number of aromatic amines is 1. The zero-order valence-electron chi connectivity index (χ0n) is 13.7. The van der Waals surface area contributed by atoms with E-state index in [9.17, 15) is 9.59 Å². The SMILES string of the molecule is O=C(Cc1c(-c2ccccc2)n[nH]c1C1CCC(C(=O)O)CC1)NO. The molecular formula is C18H21N3O4. The van der Waals surface area contributed by atoms with Crippen molar-refractivity contribution in [2.24, 2.45) is 5.92 Å². The zero-order valence-corrected chi connectivity index (χ0v) is 13.7. The van der Waals surface area contributed by atoms with E-state index in [2.05, 4.69) is 10.2 Å². The van der Waals surface area contributed by atoms with E-state index in [1.165, 1.54) is 0 Å². The third-order valence-electron chi connectivity index (χ3n) is 4.89. The molecule has 3 rings (SSSR count). The molecule has 0 saturated heterocycles. The summed E-state index contributed by atoms with van der Waals surface area (Å²) in [5.41, 5.74) is 4.89. The molecule has 4 N–H and O–H groups in total. The maximum Gasteiger partial charge on any atom is 0.306 e. The van der Waals surface area contributed by atoms with Crippen LogP contribution in [0.2, 0.25) is 0 Å². The molecule has 2 aromatic rings. The number of carboxylic acids is 1. The average Bonchev–Trinajstić information content (AvgIpc) is 3.05. The lowest BCUT2D eigenvalue weighted by Crippen LogP contribution is -2.23. The highest BCUT2D eigenvalue weighted by molar-refractivity contribution is 5.81. The average molecular weight is 343 g/mol. The first-order valence-electron chi connectivity index (χ1n) is 8.38. The van der Waals surface area contributed by atoms with Crippen molar-refractivity contribution in [2.75, 3.05) is 0 Å². The predicted octanol–water partition coefficient (Wildman–Crippen LogP) is 2.48. The van der Waals surface area contributed by atoms with Crippen molar-refractivity contribution in [1.82, 2.24) is 15.7 Å². The minimum absolute atomic E-state index is 0.0193. The third kappa shape index (κ3) is 3.71. The summed E-state index contributed by atoms with van der Waals surface area (Å²) in [5, 5.41) is 25.5. The normalized spacial score (nSPS) is 20.2. The highest BCUT2D eigenvalue weighted by Crippen LogP contribution is 2.38. The highest BCUT2D eigenvalue weighted by Gasteiger charge is 2.30. The van der Waals surface area contributed by atoms with Crippen molar-refractivity contribution < 1.29 is 19.9 Å². The van der Waals surface area contributed by atoms with Gasteiger partial charge in [-0.3, -0.25) is 19.9 Å². The van der Waals surface area contributed by atoms with Crippen LogP contribution in [0.3, 0.4) is 0 Å². The van der Waals surface area contributed by atoms with Gasteiger partial charge >= 0.3 is 5.97 Å². The Kier molecular flexibility index (Phi) is 5.14. The van der Waals surface area contributed by atoms with Crippen LogP contribution in [0.5, 0.6) is 0 Å². The van der Waals surface area contributed by atoms with Gasteiger partial charge in [0.1, 0.15) is 0 Å². The number of hydrogen-bond acceptors (Lipinski definition) is 4. The van der Waals surface area contributed by atoms with Gasteiger partial charge in [0.05, 0.1) is 18.0 Å². The summed E-state index contributed by atoms with van der Waals surface area (Å²) in [4.78, 5) is 22.9. The monoisotopic (exact) mass is 343 g/mol. The fourth-order valence-corrected chi connectivity index (χ4v) is 3.56. The predicted molar refractivity (Wildman–Crippen MR) is 90.0 cm³/mol. The molecule has 1 heterocycles. The van der Waals surface area contributed by atoms with Crippen molar-refractivity contribution in [3.05, 3.63) is 41.6 Å². The molecule has 1 saturated carbocycles. The number of carbonyl (C=O) groups is 2. The van der Waals surface area contributed by atoms with Crippen LogP contribution in [-0.4, -0.2) is 32.4 Å². The Balaban J connectivity index is 1.90. The molecule has 0 unspecified atom stereocenters. The van der Waals surface area contributed by atoms with Crippen LogP contribution in [0, 0.1) is 5.92 Å². The Bertz CT molecular complexity index is 749. The van der Waals surface area contributed by atoms with Gasteiger partial charge in [-0.05, 0) is 25.7 Å². The van der Waals surface area contributed by atoms with Gasteiger partial charge in [0.25, 0.3) is 0 Å². The molecule has 1 aromatic carbocycles. The summed E-state index contributed by atoms with van der Waals surface area (Å²) < 4.78 is 0. The fourth-order valence-electron chi connectivity index (χ4n) is 3.56. The molecule has 7 heteroatoms. The second-order valence-corrected chi connectivity index (χ2v) is 6.43. The number of rotatable bonds is 5. The summed E-state index contributed by atoms with van der Waals surface area (Å²) in [7, 11) is 0. The van der Waals surface area contributed by atoms with Gasteiger partial charge in [-0.15, -0.1) is 0 Å². The Hall–Kier alpha value is -2.67. The van der Waals surface area contributed by atoms with Gasteiger partial charge in [0, 0.05) is 22.7 Å². The molecule has 0 bridgehead atoms. The number of hydroxylamine groups is 1. The standard InChI is InChI=1S/C18H21N3O4/c22-15(21-25)10-14-16(11-4-2-1-3-5-11)19-20-17(14)12-6-8-13(9-7-12)18(23)24/h1-5,12-13,25H,6-10H2,(H,19,20)(H,21,22)(H,23,24). The smallest absolute Gasteiger partial charge is 0.306 e. The quantitative estimate of drug-likeness (QED) is 0.492. The summed E-state index contributed by atoms with van der Waals surface area (Å²) in [6.45, 7) is 0. The minimum atomic E-state index is -0.743. The zero-order chi connectivity index (χ0) is 17.8. The Morgan fingerprint density at radius 2 is 1.84 bits per heavy atom. The highest BCUT2D eigenvalue weighted by atomic mass is 16.5. The van der Waals surface area contributed by atoms with E-state index in [1.54, 1.807) is 5.48 Å². The number of nitrogens with one attached hydrogen (secondary N) is 2. The lowest BCUT2D eigenvalue weighted by atomic mass is 9.79. The summed E-state index contributed by atoms with van der Waals surface area (Å²) >= 11 is 0. The number of H-pyrrole nitrogens is 1. The number of carbonyl (C=O) groups excluding carboxylic acids is 1. The summed E-state index contributed by atoms with van der Waals surface area (Å²) in [6, 6.07) is 9.54. The summed E-state index contributed by atoms with van der Waals surface area (Å²) in [5.74, 6) is -1.40. The van der Waals surface area contributed by atoms with E-state index >= 15 is 0 Å². The molecule has 0 spiro atoms. The number of carboxylic acid groups (broad SMARTS) is 1. The van der Waals surface area contributed by atoms with E-state index in [4.69, 9.17) is 10.3 Å². The van der Waals surface area contributed by atoms with Crippen molar-refractivity contribution in [3.8, 4) is 11.3 Å². The molecule has 1 aliphatic carbocycles. The molecule has 1 fully saturated rings. The molecule has 1 aromatic heterocycles. The van der Waals surface area contributed by atoms with Crippen LogP contribution in [0.15, 0.2) is 30.3 Å². The van der Waals surface area contributed by atoms with Gasteiger partial charge in [-0.1, -0.05) is 30.3 Å². The first kappa shape index (κ1) is 17.2. The van der Waals surface area contributed by atoms with E-state index < -0.39 is 11.9 Å². The number of hydrogen-bond donors (Lipinski definition) is 4. The molecule has 0 atom stereocenters. The molecule has 1 amide bonds. The van der Waals surface area contributed by atoms with E-state index in [-0.39, 0.29) is 18.3 Å². The van der Waals surface area contributed by atoms with Gasteiger partial charge < -0.3 is 5.11 Å². The molecule has 7 nitrogen and oxygen atoms in total. The Morgan fingerprint density at radius 3 is 2.44 bits per heavy atom. The van der Waals surface area contributed by atoms with Crippen molar-refractivity contribution >= 4 is 11.9 Å². The lowest BCUT2D eigenvalue weighted by Gasteiger charge is -2.26. The lowest BCUT2D eigenvalue weighted by molar-refractivity contribution is -0.142. The topological polar surface area (TPSA) is 115 Å². The minimum Gasteiger partial charge on any atom is -0.481 e. The van der Waals surface area contributed by atoms with Crippen LogP contribution in [0.4, 0.5) is 0 Å². The first-order valence-corrected chi connectivity index (χ1v) is 8.38. The van der Waals surface area contributed by atoms with Crippen LogP contribution < -0.4 is 5.48 Å². The van der Waals surface area contributed by atoms with Gasteiger partial charge in [-0.2, -0.15) is 5.10 Å². The number of aliphatic carboxylic acids is 1. The molecule has 1 aliphatic rings. The fraction of sp³-hybridized carbons (Fsp3) is 0.389. The van der Waals surface area contributed by atoms with Crippen LogP contribution >= 0.6 is 0 Å². The van der Waals surface area contributed by atoms with E-state index in [1.807, 2.05) is 30.3 Å². The van der Waals surface area contributed by atoms with Crippen molar-refractivity contribution in [3.63, 3.8) is 0 Å². The number of nitrogens with zero attached hydrogens (tertiary/aromatic N) is 1. The Labute approximate surface area is 145 Å². The number of aromatic nitrogens is 2. The van der Waals surface area contributed by atoms with E-state index in [0.717, 1.165) is 29.7 Å². The molecular weight excluding hydrogens is 322 g/mol. The molecule has 25 heavy (non-hydrogen) atoms. The van der Waals surface area contributed by atoms with E-state index in [0.29, 0.717) is 18.5 Å². The maximum atomic E-state index is 11.8.